The number of nitro groups is 1. The highest BCUT2D eigenvalue weighted by Crippen LogP contribution is 2.31. The Morgan fingerprint density at radius 1 is 1.25 bits per heavy atom. The van der Waals surface area contributed by atoms with Gasteiger partial charge in [-0.25, -0.2) is 4.79 Å². The van der Waals surface area contributed by atoms with E-state index in [9.17, 15) is 19.7 Å². The van der Waals surface area contributed by atoms with E-state index in [2.05, 4.69) is 5.32 Å². The first kappa shape index (κ1) is 19.8. The maximum Gasteiger partial charge on any atom is 0.349 e. The van der Waals surface area contributed by atoms with Crippen LogP contribution in [-0.2, 0) is 22.4 Å². The van der Waals surface area contributed by atoms with E-state index >= 15 is 0 Å². The van der Waals surface area contributed by atoms with Crippen molar-refractivity contribution < 1.29 is 24.0 Å². The second-order valence-electron chi connectivity index (χ2n) is 6.44. The highest BCUT2D eigenvalue weighted by Gasteiger charge is 2.24. The van der Waals surface area contributed by atoms with E-state index in [0.717, 1.165) is 25.7 Å². The predicted molar refractivity (Wildman–Crippen MR) is 104 cm³/mol. The molecule has 0 spiro atoms. The minimum Gasteiger partial charge on any atom is -0.495 e. The average Bonchev–Trinajstić information content (AvgIpc) is 3.12. The number of nitrogens with one attached hydrogen (secondary N) is 1. The van der Waals surface area contributed by atoms with Crippen LogP contribution in [0, 0.1) is 10.1 Å². The molecule has 9 heteroatoms. The van der Waals surface area contributed by atoms with Gasteiger partial charge in [0.05, 0.1) is 17.7 Å². The van der Waals surface area contributed by atoms with Crippen LogP contribution in [0.2, 0.25) is 0 Å². The number of esters is 1. The van der Waals surface area contributed by atoms with E-state index in [0.29, 0.717) is 4.88 Å². The second kappa shape index (κ2) is 8.39. The average molecular weight is 404 g/mol. The van der Waals surface area contributed by atoms with E-state index in [1.54, 1.807) is 0 Å². The summed E-state index contributed by atoms with van der Waals surface area (Å²) in [4.78, 5) is 36.9. The number of carbonyl (C=O) groups excluding carboxylic acids is 2. The van der Waals surface area contributed by atoms with Crippen LogP contribution in [0.4, 0.5) is 11.4 Å². The van der Waals surface area contributed by atoms with E-state index in [1.165, 1.54) is 54.0 Å². The molecule has 1 amide bonds. The number of thiophene rings is 1. The van der Waals surface area contributed by atoms with Crippen LogP contribution in [-0.4, -0.2) is 30.0 Å². The number of carbonyl (C=O) groups is 2. The van der Waals surface area contributed by atoms with Gasteiger partial charge in [0.2, 0.25) is 0 Å². The van der Waals surface area contributed by atoms with Crippen molar-refractivity contribution in [2.75, 3.05) is 12.4 Å². The number of anilines is 1. The second-order valence-corrected chi connectivity index (χ2v) is 7.58. The molecule has 28 heavy (non-hydrogen) atoms. The monoisotopic (exact) mass is 404 g/mol. The Labute approximate surface area is 165 Å². The molecule has 0 saturated heterocycles. The molecule has 1 N–H and O–H groups in total. The first-order chi connectivity index (χ1) is 13.4. The number of non-ortho nitro benzene ring substituents is 1. The molecule has 1 aromatic heterocycles. The standard InChI is InChI=1S/C19H20N2O6S/c1-11(27-19(23)17-9-12-5-3-4-6-16(12)28-17)18(22)20-14-10-13(21(24)25)7-8-15(14)26-2/h7-11H,3-6H2,1-2H3,(H,20,22). The van der Waals surface area contributed by atoms with Crippen LogP contribution >= 0.6 is 11.3 Å². The van der Waals surface area contributed by atoms with Crippen molar-refractivity contribution in [3.63, 3.8) is 0 Å². The third-order valence-electron chi connectivity index (χ3n) is 4.50. The fourth-order valence-electron chi connectivity index (χ4n) is 3.00. The van der Waals surface area contributed by atoms with Gasteiger partial charge in [-0.05, 0) is 50.3 Å². The summed E-state index contributed by atoms with van der Waals surface area (Å²) in [5, 5.41) is 13.5. The number of fused-ring (bicyclic) bond motifs is 1. The zero-order valence-corrected chi connectivity index (χ0v) is 16.3. The smallest absolute Gasteiger partial charge is 0.349 e. The van der Waals surface area contributed by atoms with Gasteiger partial charge in [-0.3, -0.25) is 14.9 Å². The van der Waals surface area contributed by atoms with Crippen LogP contribution in [0.25, 0.3) is 0 Å². The number of rotatable bonds is 6. The Balaban J connectivity index is 1.67. The topological polar surface area (TPSA) is 108 Å². The first-order valence-electron chi connectivity index (χ1n) is 8.85. The number of nitro benzene ring substituents is 1. The predicted octanol–water partition coefficient (Wildman–Crippen LogP) is 3.73. The number of hydrogen-bond acceptors (Lipinski definition) is 7. The Morgan fingerprint density at radius 3 is 2.68 bits per heavy atom. The molecule has 0 bridgehead atoms. The maximum absolute atomic E-state index is 12.4. The summed E-state index contributed by atoms with van der Waals surface area (Å²) in [7, 11) is 1.39. The zero-order chi connectivity index (χ0) is 20.3. The molecule has 1 atom stereocenters. The van der Waals surface area contributed by atoms with Gasteiger partial charge in [0.1, 0.15) is 10.6 Å². The van der Waals surface area contributed by atoms with E-state index in [1.807, 2.05) is 6.07 Å². The molecule has 1 aliphatic carbocycles. The number of nitrogens with zero attached hydrogens (tertiary/aromatic N) is 1. The largest absolute Gasteiger partial charge is 0.495 e. The van der Waals surface area contributed by atoms with Gasteiger partial charge < -0.3 is 14.8 Å². The van der Waals surface area contributed by atoms with Crippen molar-refractivity contribution in [3.05, 3.63) is 49.7 Å². The zero-order valence-electron chi connectivity index (χ0n) is 15.5. The first-order valence-corrected chi connectivity index (χ1v) is 9.66. The van der Waals surface area contributed by atoms with Gasteiger partial charge in [-0.2, -0.15) is 0 Å². The molecule has 0 fully saturated rings. The summed E-state index contributed by atoms with van der Waals surface area (Å²) in [6.45, 7) is 1.45. The third kappa shape index (κ3) is 4.30. The summed E-state index contributed by atoms with van der Waals surface area (Å²) in [5.41, 5.74) is 1.13. The summed E-state index contributed by atoms with van der Waals surface area (Å²) in [5.74, 6) is -0.884. The minimum absolute atomic E-state index is 0.135. The summed E-state index contributed by atoms with van der Waals surface area (Å²) in [6.07, 6.45) is 3.08. The van der Waals surface area contributed by atoms with Gasteiger partial charge >= 0.3 is 5.97 Å². The maximum atomic E-state index is 12.4. The molecular weight excluding hydrogens is 384 g/mol. The lowest BCUT2D eigenvalue weighted by Crippen LogP contribution is -2.30. The van der Waals surface area contributed by atoms with Gasteiger partial charge in [-0.1, -0.05) is 0 Å². The number of benzene rings is 1. The fraction of sp³-hybridized carbons (Fsp3) is 0.368. The number of aryl methyl sites for hydroxylation is 2. The molecule has 1 aromatic carbocycles. The number of ether oxygens (including phenoxy) is 2. The molecular formula is C19H20N2O6S. The van der Waals surface area contributed by atoms with Crippen LogP contribution in [0.5, 0.6) is 5.75 Å². The quantitative estimate of drug-likeness (QED) is 0.446. The molecule has 0 radical (unpaired) electrons. The lowest BCUT2D eigenvalue weighted by atomic mass is 9.99. The van der Waals surface area contributed by atoms with Gasteiger partial charge in [0, 0.05) is 17.0 Å². The van der Waals surface area contributed by atoms with Gasteiger partial charge in [0.15, 0.2) is 6.10 Å². The van der Waals surface area contributed by atoms with Crippen LogP contribution in [0.15, 0.2) is 24.3 Å². The van der Waals surface area contributed by atoms with Crippen molar-refractivity contribution >= 4 is 34.6 Å². The van der Waals surface area contributed by atoms with Crippen molar-refractivity contribution in [2.24, 2.45) is 0 Å². The summed E-state index contributed by atoms with van der Waals surface area (Å²) >= 11 is 1.41. The molecule has 0 aliphatic heterocycles. The summed E-state index contributed by atoms with van der Waals surface area (Å²) in [6, 6.07) is 5.70. The molecule has 3 rings (SSSR count). The molecule has 1 aliphatic rings. The highest BCUT2D eigenvalue weighted by atomic mass is 32.1. The van der Waals surface area contributed by atoms with Crippen LogP contribution in [0.3, 0.4) is 0 Å². The molecule has 1 heterocycles. The van der Waals surface area contributed by atoms with Gasteiger partial charge in [0.25, 0.3) is 11.6 Å². The summed E-state index contributed by atoms with van der Waals surface area (Å²) < 4.78 is 10.4. The molecule has 1 unspecified atom stereocenters. The minimum atomic E-state index is -1.07. The van der Waals surface area contributed by atoms with Crippen molar-refractivity contribution in [3.8, 4) is 5.75 Å². The molecule has 148 valence electrons. The van der Waals surface area contributed by atoms with Crippen molar-refractivity contribution in [1.82, 2.24) is 0 Å². The Hall–Kier alpha value is -2.94. The molecule has 8 nitrogen and oxygen atoms in total. The Morgan fingerprint density at radius 2 is 2.00 bits per heavy atom. The lowest BCUT2D eigenvalue weighted by molar-refractivity contribution is -0.384. The SMILES string of the molecule is COc1ccc([N+](=O)[O-])cc1NC(=O)C(C)OC(=O)c1cc2c(s1)CCCC2. The highest BCUT2D eigenvalue weighted by molar-refractivity contribution is 7.14. The van der Waals surface area contributed by atoms with Crippen molar-refractivity contribution in [2.45, 2.75) is 38.7 Å². The molecule has 0 saturated carbocycles. The number of hydrogen-bond donors (Lipinski definition) is 1. The van der Waals surface area contributed by atoms with Crippen molar-refractivity contribution in [1.29, 1.82) is 0 Å². The van der Waals surface area contributed by atoms with E-state index in [4.69, 9.17) is 9.47 Å². The van der Waals surface area contributed by atoms with Crippen LogP contribution < -0.4 is 10.1 Å². The van der Waals surface area contributed by atoms with E-state index < -0.39 is 22.9 Å². The fourth-order valence-corrected chi connectivity index (χ4v) is 4.14. The Bertz CT molecular complexity index is 900. The normalized spacial score (nSPS) is 13.9. The third-order valence-corrected chi connectivity index (χ3v) is 5.72. The lowest BCUT2D eigenvalue weighted by Gasteiger charge is -2.14. The van der Waals surface area contributed by atoms with Crippen LogP contribution in [0.1, 0.15) is 39.9 Å². The molecule has 2 aromatic rings. The van der Waals surface area contributed by atoms with Gasteiger partial charge in [-0.15, -0.1) is 11.3 Å². The number of methoxy groups -OCH3 is 1. The Kier molecular flexibility index (Phi) is 5.93. The van der Waals surface area contributed by atoms with E-state index in [-0.39, 0.29) is 17.1 Å². The number of amides is 1.